The topological polar surface area (TPSA) is 76.1 Å². The minimum Gasteiger partial charge on any atom is -0.289 e. The maximum atomic E-state index is 12.0. The molecular formula is C15H13ClN2O3S. The lowest BCUT2D eigenvalue weighted by Crippen LogP contribution is -2.18. The second kappa shape index (κ2) is 6.83. The van der Waals surface area contributed by atoms with E-state index in [9.17, 15) is 13.2 Å². The Morgan fingerprint density at radius 2 is 1.91 bits per heavy atom. The van der Waals surface area contributed by atoms with E-state index >= 15 is 0 Å². The highest BCUT2D eigenvalue weighted by Gasteiger charge is 2.11. The van der Waals surface area contributed by atoms with E-state index in [4.69, 9.17) is 11.6 Å². The molecule has 0 unspecified atom stereocenters. The van der Waals surface area contributed by atoms with Crippen LogP contribution in [0.5, 0.6) is 0 Å². The first-order valence-electron chi connectivity index (χ1n) is 6.30. The molecule has 0 aliphatic carbocycles. The summed E-state index contributed by atoms with van der Waals surface area (Å²) in [7, 11) is -2.18. The summed E-state index contributed by atoms with van der Waals surface area (Å²) in [5, 5.41) is 0.307. The molecule has 1 aromatic heterocycles. The number of carbonyl (C=O) groups is 1. The van der Waals surface area contributed by atoms with Crippen molar-refractivity contribution >= 4 is 33.5 Å². The van der Waals surface area contributed by atoms with Crippen LogP contribution in [0.15, 0.2) is 53.6 Å². The number of sulfonamides is 1. The van der Waals surface area contributed by atoms with Crippen molar-refractivity contribution in [3.05, 3.63) is 65.0 Å². The van der Waals surface area contributed by atoms with Gasteiger partial charge in [0.05, 0.1) is 4.90 Å². The number of benzene rings is 1. The molecule has 0 atom stereocenters. The van der Waals surface area contributed by atoms with Gasteiger partial charge in [0, 0.05) is 17.3 Å². The lowest BCUT2D eigenvalue weighted by molar-refractivity contribution is 0.104. The Labute approximate surface area is 133 Å². The van der Waals surface area contributed by atoms with Crippen LogP contribution in [0.4, 0.5) is 0 Å². The molecule has 7 heteroatoms. The average Bonchev–Trinajstić information content (AvgIpc) is 2.54. The lowest BCUT2D eigenvalue weighted by atomic mass is 10.1. The highest BCUT2D eigenvalue weighted by atomic mass is 35.5. The summed E-state index contributed by atoms with van der Waals surface area (Å²) in [5.74, 6) is -0.256. The van der Waals surface area contributed by atoms with Crippen LogP contribution in [-0.2, 0) is 10.0 Å². The fourth-order valence-corrected chi connectivity index (χ4v) is 2.61. The number of halogens is 1. The molecule has 2 rings (SSSR count). The Balaban J connectivity index is 2.19. The molecule has 0 amide bonds. The third-order valence-corrected chi connectivity index (χ3v) is 4.67. The Morgan fingerprint density at radius 1 is 1.23 bits per heavy atom. The van der Waals surface area contributed by atoms with Crippen LogP contribution in [0.25, 0.3) is 6.08 Å². The van der Waals surface area contributed by atoms with Crippen LogP contribution in [0, 0.1) is 0 Å². The van der Waals surface area contributed by atoms with Gasteiger partial charge in [-0.2, -0.15) is 0 Å². The van der Waals surface area contributed by atoms with Gasteiger partial charge in [-0.3, -0.25) is 4.79 Å². The van der Waals surface area contributed by atoms with Crippen molar-refractivity contribution in [2.24, 2.45) is 0 Å². The zero-order valence-corrected chi connectivity index (χ0v) is 13.2. The molecule has 0 aliphatic rings. The number of nitrogens with zero attached hydrogens (tertiary/aromatic N) is 1. The van der Waals surface area contributed by atoms with Crippen LogP contribution in [0.1, 0.15) is 15.9 Å². The van der Waals surface area contributed by atoms with Crippen molar-refractivity contribution in [1.82, 2.24) is 9.71 Å². The summed E-state index contributed by atoms with van der Waals surface area (Å²) in [6.45, 7) is 0. The molecule has 22 heavy (non-hydrogen) atoms. The van der Waals surface area contributed by atoms with Gasteiger partial charge in [-0.15, -0.1) is 0 Å². The first-order chi connectivity index (χ1) is 10.4. The van der Waals surface area contributed by atoms with E-state index in [1.807, 2.05) is 0 Å². The maximum Gasteiger partial charge on any atom is 0.240 e. The van der Waals surface area contributed by atoms with E-state index < -0.39 is 10.0 Å². The van der Waals surface area contributed by atoms with E-state index in [-0.39, 0.29) is 10.7 Å². The summed E-state index contributed by atoms with van der Waals surface area (Å²) in [6, 6.07) is 9.13. The first-order valence-corrected chi connectivity index (χ1v) is 8.17. The van der Waals surface area contributed by atoms with Gasteiger partial charge in [-0.05, 0) is 49.5 Å². The molecule has 0 radical (unpaired) electrons. The zero-order chi connectivity index (χ0) is 16.2. The van der Waals surface area contributed by atoms with E-state index in [0.717, 1.165) is 0 Å². The molecule has 1 N–H and O–H groups in total. The van der Waals surface area contributed by atoms with Crippen molar-refractivity contribution in [3.63, 3.8) is 0 Å². The summed E-state index contributed by atoms with van der Waals surface area (Å²) < 4.78 is 25.4. The summed E-state index contributed by atoms with van der Waals surface area (Å²) in [6.07, 6.45) is 4.49. The molecule has 2 aromatic rings. The van der Waals surface area contributed by atoms with Gasteiger partial charge in [-0.25, -0.2) is 18.1 Å². The van der Waals surface area contributed by atoms with Crippen LogP contribution in [0.2, 0.25) is 5.15 Å². The van der Waals surface area contributed by atoms with Gasteiger partial charge in [0.15, 0.2) is 5.78 Å². The van der Waals surface area contributed by atoms with Crippen LogP contribution >= 0.6 is 11.6 Å². The second-order valence-electron chi connectivity index (χ2n) is 4.31. The smallest absolute Gasteiger partial charge is 0.240 e. The van der Waals surface area contributed by atoms with Crippen LogP contribution in [-0.4, -0.2) is 26.2 Å². The zero-order valence-electron chi connectivity index (χ0n) is 11.7. The maximum absolute atomic E-state index is 12.0. The third-order valence-electron chi connectivity index (χ3n) is 2.92. The van der Waals surface area contributed by atoms with Gasteiger partial charge in [-0.1, -0.05) is 17.7 Å². The standard InChI is InChI=1S/C15H13ClN2O3S/c1-17-22(20,21)13-7-4-11(5-8-13)14(19)9-6-12-3-2-10-18-15(12)16/h2-10,17H,1H3. The van der Waals surface area contributed by atoms with Crippen molar-refractivity contribution < 1.29 is 13.2 Å². The minimum atomic E-state index is -3.51. The highest BCUT2D eigenvalue weighted by Crippen LogP contribution is 2.15. The number of ketones is 1. The Kier molecular flexibility index (Phi) is 5.07. The molecule has 114 valence electrons. The fraction of sp³-hybridized carbons (Fsp3) is 0.0667. The van der Waals surface area contributed by atoms with Crippen molar-refractivity contribution in [2.45, 2.75) is 4.90 Å². The molecule has 0 saturated heterocycles. The van der Waals surface area contributed by atoms with Crippen molar-refractivity contribution in [3.8, 4) is 0 Å². The fourth-order valence-electron chi connectivity index (χ4n) is 1.70. The number of hydrogen-bond donors (Lipinski definition) is 1. The van der Waals surface area contributed by atoms with Gasteiger partial charge < -0.3 is 0 Å². The number of allylic oxidation sites excluding steroid dienone is 1. The number of rotatable bonds is 5. The third kappa shape index (κ3) is 3.79. The van der Waals surface area contributed by atoms with E-state index in [1.54, 1.807) is 24.4 Å². The Hall–Kier alpha value is -2.02. The van der Waals surface area contributed by atoms with Gasteiger partial charge >= 0.3 is 0 Å². The Morgan fingerprint density at radius 3 is 2.50 bits per heavy atom. The molecule has 1 aromatic carbocycles. The monoisotopic (exact) mass is 336 g/mol. The average molecular weight is 337 g/mol. The van der Waals surface area contributed by atoms with Crippen molar-refractivity contribution in [2.75, 3.05) is 7.05 Å². The number of pyridine rings is 1. The number of nitrogens with one attached hydrogen (secondary N) is 1. The second-order valence-corrected chi connectivity index (χ2v) is 6.56. The number of carbonyl (C=O) groups excluding carboxylic acids is 1. The van der Waals surface area contributed by atoms with Gasteiger partial charge in [0.1, 0.15) is 5.15 Å². The summed E-state index contributed by atoms with van der Waals surface area (Å²) in [5.41, 5.74) is 1.01. The van der Waals surface area contributed by atoms with E-state index in [1.165, 1.54) is 37.4 Å². The van der Waals surface area contributed by atoms with Gasteiger partial charge in [0.25, 0.3) is 0 Å². The van der Waals surface area contributed by atoms with E-state index in [0.29, 0.717) is 16.3 Å². The van der Waals surface area contributed by atoms with Crippen molar-refractivity contribution in [1.29, 1.82) is 0 Å². The largest absolute Gasteiger partial charge is 0.289 e. The molecule has 5 nitrogen and oxygen atoms in total. The molecule has 0 fully saturated rings. The molecule has 0 aliphatic heterocycles. The normalized spacial score (nSPS) is 11.7. The molecular weight excluding hydrogens is 324 g/mol. The van der Waals surface area contributed by atoms with E-state index in [2.05, 4.69) is 9.71 Å². The minimum absolute atomic E-state index is 0.103. The van der Waals surface area contributed by atoms with Crippen LogP contribution in [0.3, 0.4) is 0 Å². The van der Waals surface area contributed by atoms with Gasteiger partial charge in [0.2, 0.25) is 10.0 Å². The van der Waals surface area contributed by atoms with Crippen LogP contribution < -0.4 is 4.72 Å². The molecule has 1 heterocycles. The molecule has 0 spiro atoms. The predicted octanol–water partition coefficient (Wildman–Crippen LogP) is 2.54. The number of hydrogen-bond acceptors (Lipinski definition) is 4. The summed E-state index contributed by atoms with van der Waals surface area (Å²) >= 11 is 5.89. The molecule has 0 bridgehead atoms. The highest BCUT2D eigenvalue weighted by molar-refractivity contribution is 7.89. The predicted molar refractivity (Wildman–Crippen MR) is 85.3 cm³/mol. The Bertz CT molecular complexity index is 815. The number of aromatic nitrogens is 1. The molecule has 0 saturated carbocycles. The lowest BCUT2D eigenvalue weighted by Gasteiger charge is -2.03. The SMILES string of the molecule is CNS(=O)(=O)c1ccc(C(=O)C=Cc2cccnc2Cl)cc1. The quantitative estimate of drug-likeness (QED) is 0.517. The first kappa shape index (κ1) is 16.4. The summed E-state index contributed by atoms with van der Waals surface area (Å²) in [4.78, 5) is 16.1.